The number of imidazole rings is 1. The van der Waals surface area contributed by atoms with Crippen molar-refractivity contribution in [3.8, 4) is 0 Å². The number of nitrogens with zero attached hydrogens (tertiary/aromatic N) is 4. The van der Waals surface area contributed by atoms with Crippen molar-refractivity contribution >= 4 is 17.1 Å². The lowest BCUT2D eigenvalue weighted by Gasteiger charge is -2.21. The second-order valence-electron chi connectivity index (χ2n) is 5.97. The van der Waals surface area contributed by atoms with Gasteiger partial charge < -0.3 is 14.2 Å². The zero-order valence-electron chi connectivity index (χ0n) is 14.2. The Morgan fingerprint density at radius 3 is 2.88 bits per heavy atom. The molecule has 0 spiro atoms. The highest BCUT2D eigenvalue weighted by Gasteiger charge is 2.21. The van der Waals surface area contributed by atoms with Gasteiger partial charge in [0, 0.05) is 32.7 Å². The number of carbonyl (C=O) groups excluding carboxylic acids is 1. The maximum Gasteiger partial charge on any atom is 0.409 e. The highest BCUT2D eigenvalue weighted by atomic mass is 19.1. The molecule has 7 heteroatoms. The number of ether oxygens (including phenoxy) is 1. The molecule has 0 saturated carbocycles. The molecule has 24 heavy (non-hydrogen) atoms. The molecule has 3 rings (SSSR count). The first-order valence-corrected chi connectivity index (χ1v) is 8.33. The number of fused-ring (bicyclic) bond motifs is 1. The Hall–Kier alpha value is -2.15. The van der Waals surface area contributed by atoms with Crippen LogP contribution in [-0.4, -0.2) is 58.7 Å². The Balaban J connectivity index is 1.77. The average Bonchev–Trinajstić information content (AvgIpc) is 2.78. The SMILES string of the molecule is CCn1c(CN2CCCN(C(=O)OC)CC2)nc2c(F)cccc21. The average molecular weight is 334 g/mol. The van der Waals surface area contributed by atoms with E-state index < -0.39 is 0 Å². The van der Waals surface area contributed by atoms with Gasteiger partial charge in [-0.25, -0.2) is 14.2 Å². The fraction of sp³-hybridized carbons (Fsp3) is 0.529. The van der Waals surface area contributed by atoms with Crippen LogP contribution in [0.1, 0.15) is 19.2 Å². The van der Waals surface area contributed by atoms with E-state index in [0.717, 1.165) is 37.4 Å². The Labute approximate surface area is 140 Å². The Morgan fingerprint density at radius 1 is 1.29 bits per heavy atom. The molecule has 1 aliphatic rings. The van der Waals surface area contributed by atoms with E-state index in [1.807, 2.05) is 13.0 Å². The van der Waals surface area contributed by atoms with Crippen molar-refractivity contribution in [3.63, 3.8) is 0 Å². The molecule has 0 N–H and O–H groups in total. The lowest BCUT2D eigenvalue weighted by atomic mass is 10.3. The van der Waals surface area contributed by atoms with Gasteiger partial charge in [0.2, 0.25) is 0 Å². The summed E-state index contributed by atoms with van der Waals surface area (Å²) in [6.07, 6.45) is 0.607. The van der Waals surface area contributed by atoms with Crippen LogP contribution in [0.3, 0.4) is 0 Å². The van der Waals surface area contributed by atoms with Crippen LogP contribution in [-0.2, 0) is 17.8 Å². The number of halogens is 1. The van der Waals surface area contributed by atoms with E-state index in [4.69, 9.17) is 4.74 Å². The number of rotatable bonds is 3. The molecule has 2 aromatic rings. The largest absolute Gasteiger partial charge is 0.453 e. The van der Waals surface area contributed by atoms with Crippen molar-refractivity contribution in [2.24, 2.45) is 0 Å². The minimum Gasteiger partial charge on any atom is -0.453 e. The van der Waals surface area contributed by atoms with Gasteiger partial charge in [-0.3, -0.25) is 4.90 Å². The molecule has 1 aliphatic heterocycles. The van der Waals surface area contributed by atoms with Crippen molar-refractivity contribution < 1.29 is 13.9 Å². The van der Waals surface area contributed by atoms with E-state index in [1.165, 1.54) is 13.2 Å². The molecule has 1 aromatic heterocycles. The number of methoxy groups -OCH3 is 1. The van der Waals surface area contributed by atoms with Crippen molar-refractivity contribution in [2.45, 2.75) is 26.4 Å². The summed E-state index contributed by atoms with van der Waals surface area (Å²) in [5, 5.41) is 0. The zero-order chi connectivity index (χ0) is 17.1. The minimum absolute atomic E-state index is 0.278. The van der Waals surface area contributed by atoms with E-state index in [9.17, 15) is 9.18 Å². The van der Waals surface area contributed by atoms with Crippen LogP contribution in [0.5, 0.6) is 0 Å². The number of carbonyl (C=O) groups is 1. The minimum atomic E-state index is -0.284. The molecule has 0 unspecified atom stereocenters. The smallest absolute Gasteiger partial charge is 0.409 e. The highest BCUT2D eigenvalue weighted by Crippen LogP contribution is 2.20. The van der Waals surface area contributed by atoms with E-state index in [0.29, 0.717) is 25.2 Å². The molecule has 6 nitrogen and oxygen atoms in total. The summed E-state index contributed by atoms with van der Waals surface area (Å²) in [6, 6.07) is 5.06. The van der Waals surface area contributed by atoms with Crippen LogP contribution in [0.4, 0.5) is 9.18 Å². The molecule has 0 bridgehead atoms. The Morgan fingerprint density at radius 2 is 2.12 bits per heavy atom. The van der Waals surface area contributed by atoms with Crippen LogP contribution in [0.25, 0.3) is 11.0 Å². The third-order valence-electron chi connectivity index (χ3n) is 4.51. The third-order valence-corrected chi connectivity index (χ3v) is 4.51. The number of amides is 1. The third kappa shape index (κ3) is 3.21. The van der Waals surface area contributed by atoms with Gasteiger partial charge in [-0.1, -0.05) is 6.07 Å². The second kappa shape index (κ2) is 7.17. The van der Waals surface area contributed by atoms with Crippen LogP contribution >= 0.6 is 0 Å². The molecule has 0 radical (unpaired) electrons. The van der Waals surface area contributed by atoms with E-state index >= 15 is 0 Å². The number of aromatic nitrogens is 2. The van der Waals surface area contributed by atoms with Crippen LogP contribution < -0.4 is 0 Å². The zero-order valence-corrected chi connectivity index (χ0v) is 14.2. The van der Waals surface area contributed by atoms with Gasteiger partial charge in [0.25, 0.3) is 0 Å². The van der Waals surface area contributed by atoms with Gasteiger partial charge in [-0.05, 0) is 25.5 Å². The van der Waals surface area contributed by atoms with Gasteiger partial charge in [-0.15, -0.1) is 0 Å². The van der Waals surface area contributed by atoms with Gasteiger partial charge in [0.15, 0.2) is 5.82 Å². The van der Waals surface area contributed by atoms with E-state index in [1.54, 1.807) is 11.0 Å². The molecule has 0 atom stereocenters. The number of hydrogen-bond donors (Lipinski definition) is 0. The molecule has 1 amide bonds. The van der Waals surface area contributed by atoms with Crippen molar-refractivity contribution in [2.75, 3.05) is 33.3 Å². The fourth-order valence-electron chi connectivity index (χ4n) is 3.28. The predicted octanol–water partition coefficient (Wildman–Crippen LogP) is 2.47. The summed E-state index contributed by atoms with van der Waals surface area (Å²) in [4.78, 5) is 20.2. The summed E-state index contributed by atoms with van der Waals surface area (Å²) in [5.41, 5.74) is 1.26. The van der Waals surface area contributed by atoms with E-state index in [2.05, 4.69) is 14.5 Å². The molecule has 1 aromatic carbocycles. The van der Waals surface area contributed by atoms with Crippen molar-refractivity contribution in [1.29, 1.82) is 0 Å². The molecule has 130 valence electrons. The van der Waals surface area contributed by atoms with Gasteiger partial charge in [0.05, 0.1) is 19.2 Å². The number of hydrogen-bond acceptors (Lipinski definition) is 4. The lowest BCUT2D eigenvalue weighted by molar-refractivity contribution is 0.124. The molecular formula is C17H23FN4O2. The van der Waals surface area contributed by atoms with Gasteiger partial charge in [-0.2, -0.15) is 0 Å². The highest BCUT2D eigenvalue weighted by molar-refractivity contribution is 5.76. The molecule has 0 aliphatic carbocycles. The maximum absolute atomic E-state index is 14.0. The second-order valence-corrected chi connectivity index (χ2v) is 5.97. The van der Waals surface area contributed by atoms with Crippen LogP contribution in [0, 0.1) is 5.82 Å². The van der Waals surface area contributed by atoms with E-state index in [-0.39, 0.29) is 11.9 Å². The van der Waals surface area contributed by atoms with Crippen LogP contribution in [0.15, 0.2) is 18.2 Å². The van der Waals surface area contributed by atoms with Crippen molar-refractivity contribution in [3.05, 3.63) is 29.8 Å². The quantitative estimate of drug-likeness (QED) is 0.865. The maximum atomic E-state index is 14.0. The van der Waals surface area contributed by atoms with Crippen LogP contribution in [0.2, 0.25) is 0 Å². The molecular weight excluding hydrogens is 311 g/mol. The Bertz CT molecular complexity index is 731. The number of benzene rings is 1. The fourth-order valence-corrected chi connectivity index (χ4v) is 3.28. The molecule has 2 heterocycles. The molecule has 1 fully saturated rings. The summed E-state index contributed by atoms with van der Waals surface area (Å²) >= 11 is 0. The predicted molar refractivity (Wildman–Crippen MR) is 89.2 cm³/mol. The summed E-state index contributed by atoms with van der Waals surface area (Å²) in [5.74, 6) is 0.581. The normalized spacial score (nSPS) is 16.4. The summed E-state index contributed by atoms with van der Waals surface area (Å²) in [7, 11) is 1.41. The van der Waals surface area contributed by atoms with Crippen molar-refractivity contribution in [1.82, 2.24) is 19.4 Å². The number of aryl methyl sites for hydroxylation is 1. The monoisotopic (exact) mass is 334 g/mol. The lowest BCUT2D eigenvalue weighted by Crippen LogP contribution is -2.35. The van der Waals surface area contributed by atoms with Gasteiger partial charge >= 0.3 is 6.09 Å². The van der Waals surface area contributed by atoms with Gasteiger partial charge in [0.1, 0.15) is 11.3 Å². The molecule has 1 saturated heterocycles. The Kier molecular flexibility index (Phi) is 4.99. The standard InChI is InChI=1S/C17H23FN4O2/c1-3-22-14-7-4-6-13(18)16(14)19-15(22)12-20-8-5-9-21(11-10-20)17(23)24-2/h4,6-7H,3,5,8-12H2,1-2H3. The first-order valence-electron chi connectivity index (χ1n) is 8.33. The number of para-hydroxylation sites is 1. The summed E-state index contributed by atoms with van der Waals surface area (Å²) < 4.78 is 20.8. The topological polar surface area (TPSA) is 50.6 Å². The summed E-state index contributed by atoms with van der Waals surface area (Å²) in [6.45, 7) is 6.40. The first kappa shape index (κ1) is 16.7. The first-order chi connectivity index (χ1) is 11.6.